The molecule has 2 N–H and O–H groups in total. The van der Waals surface area contributed by atoms with E-state index in [1.54, 1.807) is 27.6 Å². The molecular formula is C19H21F3N2O4S2. The first-order chi connectivity index (χ1) is 14.2. The highest BCUT2D eigenvalue weighted by Gasteiger charge is 2.38. The first kappa shape index (κ1) is 22.6. The number of fused-ring (bicyclic) bond motifs is 2. The van der Waals surface area contributed by atoms with Crippen molar-refractivity contribution in [1.82, 2.24) is 5.32 Å². The summed E-state index contributed by atoms with van der Waals surface area (Å²) in [5.74, 6) is -2.76. The molecule has 2 aromatic rings. The van der Waals surface area contributed by atoms with Crippen LogP contribution in [-0.4, -0.2) is 41.5 Å². The summed E-state index contributed by atoms with van der Waals surface area (Å²) in [4.78, 5) is 23.4. The van der Waals surface area contributed by atoms with E-state index in [0.29, 0.717) is 18.6 Å². The third-order valence-corrected chi connectivity index (χ3v) is 6.48. The van der Waals surface area contributed by atoms with E-state index in [0.717, 1.165) is 23.4 Å². The number of alkyl halides is 3. The number of anilines is 1. The van der Waals surface area contributed by atoms with Crippen LogP contribution in [0.15, 0.2) is 34.3 Å². The van der Waals surface area contributed by atoms with Gasteiger partial charge in [-0.05, 0) is 65.6 Å². The van der Waals surface area contributed by atoms with Crippen LogP contribution < -0.4 is 10.2 Å². The number of halogens is 3. The van der Waals surface area contributed by atoms with Crippen LogP contribution in [0, 0.1) is 0 Å². The van der Waals surface area contributed by atoms with Gasteiger partial charge in [0.2, 0.25) is 0 Å². The third kappa shape index (κ3) is 6.19. The fourth-order valence-electron chi connectivity index (χ4n) is 3.53. The van der Waals surface area contributed by atoms with E-state index in [9.17, 15) is 18.0 Å². The number of thiophene rings is 2. The monoisotopic (exact) mass is 462 g/mol. The van der Waals surface area contributed by atoms with Crippen LogP contribution in [0.5, 0.6) is 0 Å². The molecule has 2 aromatic heterocycles. The third-order valence-electron chi connectivity index (χ3n) is 4.85. The van der Waals surface area contributed by atoms with Crippen molar-refractivity contribution in [3.05, 3.63) is 39.9 Å². The van der Waals surface area contributed by atoms with Crippen LogP contribution in [-0.2, 0) is 16.1 Å². The zero-order valence-corrected chi connectivity index (χ0v) is 17.4. The van der Waals surface area contributed by atoms with Gasteiger partial charge in [-0.3, -0.25) is 4.90 Å². The lowest BCUT2D eigenvalue weighted by Crippen LogP contribution is -2.44. The molecule has 11 heteroatoms. The summed E-state index contributed by atoms with van der Waals surface area (Å²) in [7, 11) is 0. The van der Waals surface area contributed by atoms with Crippen LogP contribution in [0.3, 0.4) is 0 Å². The van der Waals surface area contributed by atoms with Crippen LogP contribution in [0.4, 0.5) is 23.0 Å². The number of piperidine rings is 1. The minimum atomic E-state index is -5.08. The maximum Gasteiger partial charge on any atom is 0.490 e. The number of hydrogen-bond donors (Lipinski definition) is 2. The van der Waals surface area contributed by atoms with Crippen LogP contribution in [0.2, 0.25) is 0 Å². The zero-order chi connectivity index (χ0) is 21.7. The number of carbonyl (C=O) groups is 2. The zero-order valence-electron chi connectivity index (χ0n) is 15.8. The molecule has 2 saturated heterocycles. The van der Waals surface area contributed by atoms with Gasteiger partial charge in [0.1, 0.15) is 11.1 Å². The molecular weight excluding hydrogens is 441 g/mol. The van der Waals surface area contributed by atoms with Crippen molar-refractivity contribution in [2.75, 3.05) is 4.90 Å². The lowest BCUT2D eigenvalue weighted by molar-refractivity contribution is -0.192. The molecule has 2 aliphatic heterocycles. The number of ether oxygens (including phenoxy) is 1. The molecule has 1 amide bonds. The van der Waals surface area contributed by atoms with Gasteiger partial charge in [-0.2, -0.15) is 24.5 Å². The number of nitrogens with one attached hydrogen (secondary N) is 1. The average Bonchev–Trinajstić information content (AvgIpc) is 3.42. The van der Waals surface area contributed by atoms with E-state index < -0.39 is 12.1 Å². The van der Waals surface area contributed by atoms with E-state index in [4.69, 9.17) is 14.6 Å². The minimum absolute atomic E-state index is 0.0474. The molecule has 2 fully saturated rings. The molecule has 0 radical (unpaired) electrons. The summed E-state index contributed by atoms with van der Waals surface area (Å²) in [6.07, 6.45) is -0.946. The molecule has 2 aliphatic rings. The van der Waals surface area contributed by atoms with Gasteiger partial charge in [-0.25, -0.2) is 9.59 Å². The van der Waals surface area contributed by atoms with Crippen molar-refractivity contribution in [2.24, 2.45) is 0 Å². The largest absolute Gasteiger partial charge is 0.490 e. The number of carboxylic acid groups (broad SMARTS) is 1. The van der Waals surface area contributed by atoms with Crippen LogP contribution in [0.1, 0.15) is 31.2 Å². The van der Waals surface area contributed by atoms with Gasteiger partial charge in [-0.15, -0.1) is 11.3 Å². The highest BCUT2D eigenvalue weighted by Crippen LogP contribution is 2.30. The molecule has 0 aliphatic carbocycles. The topological polar surface area (TPSA) is 78.9 Å². The lowest BCUT2D eigenvalue weighted by Gasteiger charge is -2.30. The Morgan fingerprint density at radius 1 is 1.20 bits per heavy atom. The molecule has 30 heavy (non-hydrogen) atoms. The Morgan fingerprint density at radius 2 is 1.87 bits per heavy atom. The number of carbonyl (C=O) groups excluding carboxylic acids is 1. The first-order valence-corrected chi connectivity index (χ1v) is 11.1. The summed E-state index contributed by atoms with van der Waals surface area (Å²) < 4.78 is 37.6. The van der Waals surface area contributed by atoms with Crippen molar-refractivity contribution in [3.8, 4) is 0 Å². The van der Waals surface area contributed by atoms with Gasteiger partial charge in [-0.1, -0.05) is 0 Å². The SMILES string of the molecule is O=C(O)C(F)(F)F.O=C(OC1C[C@H]2CC[C@@H](C1)N2)N(Cc1ccsc1)c1cccs1. The standard InChI is InChI=1S/C17H20N2O2S2.C2HF3O2/c20-17(21-15-8-13-3-4-14(9-15)18-13)19(16-2-1-6-23-16)10-12-5-7-22-11-12;3-2(4,5)1(6)7/h1-2,5-7,11,13-15,18H,3-4,8-10H2;(H,6,7)/t13-,14+,15?;. The van der Waals surface area contributed by atoms with E-state index in [2.05, 4.69) is 16.8 Å². The van der Waals surface area contributed by atoms with E-state index in [-0.39, 0.29) is 12.2 Å². The molecule has 6 nitrogen and oxygen atoms in total. The number of amides is 1. The Hall–Kier alpha value is -2.11. The highest BCUT2D eigenvalue weighted by molar-refractivity contribution is 7.14. The maximum atomic E-state index is 12.8. The number of carboxylic acids is 1. The van der Waals surface area contributed by atoms with E-state index in [1.165, 1.54) is 12.8 Å². The Morgan fingerprint density at radius 3 is 2.37 bits per heavy atom. The summed E-state index contributed by atoms with van der Waals surface area (Å²) in [5.41, 5.74) is 1.14. The van der Waals surface area contributed by atoms with Crippen molar-refractivity contribution in [2.45, 2.75) is 56.6 Å². The van der Waals surface area contributed by atoms with Crippen molar-refractivity contribution in [3.63, 3.8) is 0 Å². The van der Waals surface area contributed by atoms with Crippen LogP contribution in [0.25, 0.3) is 0 Å². The number of hydrogen-bond acceptors (Lipinski definition) is 6. The van der Waals surface area contributed by atoms with E-state index in [1.807, 2.05) is 22.9 Å². The molecule has 3 atom stereocenters. The molecule has 0 spiro atoms. The molecule has 4 rings (SSSR count). The molecule has 0 saturated carbocycles. The first-order valence-electron chi connectivity index (χ1n) is 9.31. The minimum Gasteiger partial charge on any atom is -0.475 e. The smallest absolute Gasteiger partial charge is 0.475 e. The summed E-state index contributed by atoms with van der Waals surface area (Å²) in [5, 5.41) is 17.8. The van der Waals surface area contributed by atoms with Gasteiger partial charge in [0.05, 0.1) is 6.54 Å². The van der Waals surface area contributed by atoms with Crippen LogP contribution >= 0.6 is 22.7 Å². The van der Waals surface area contributed by atoms with Crippen molar-refractivity contribution < 1.29 is 32.6 Å². The van der Waals surface area contributed by atoms with Crippen molar-refractivity contribution in [1.29, 1.82) is 0 Å². The summed E-state index contributed by atoms with van der Waals surface area (Å²) >= 11 is 3.22. The second kappa shape index (κ2) is 9.80. The van der Waals surface area contributed by atoms with E-state index >= 15 is 0 Å². The number of nitrogens with zero attached hydrogens (tertiary/aromatic N) is 1. The Kier molecular flexibility index (Phi) is 7.37. The van der Waals surface area contributed by atoms with Gasteiger partial charge < -0.3 is 15.2 Å². The molecule has 4 heterocycles. The Labute approximate surface area is 179 Å². The quantitative estimate of drug-likeness (QED) is 0.678. The summed E-state index contributed by atoms with van der Waals surface area (Å²) in [6, 6.07) is 7.06. The second-order valence-electron chi connectivity index (χ2n) is 7.09. The normalized spacial score (nSPS) is 22.7. The van der Waals surface area contributed by atoms with Gasteiger partial charge in [0, 0.05) is 12.1 Å². The number of aliphatic carboxylic acids is 1. The lowest BCUT2D eigenvalue weighted by atomic mass is 10.0. The van der Waals surface area contributed by atoms with Gasteiger partial charge in [0.25, 0.3) is 0 Å². The molecule has 0 aromatic carbocycles. The van der Waals surface area contributed by atoms with Crippen molar-refractivity contribution >= 4 is 39.7 Å². The fourth-order valence-corrected chi connectivity index (χ4v) is 4.91. The average molecular weight is 463 g/mol. The van der Waals surface area contributed by atoms with Gasteiger partial charge in [0.15, 0.2) is 0 Å². The molecule has 164 valence electrons. The molecule has 2 bridgehead atoms. The van der Waals surface area contributed by atoms with Gasteiger partial charge >= 0.3 is 18.2 Å². The number of rotatable bonds is 4. The fraction of sp³-hybridized carbons (Fsp3) is 0.474. The summed E-state index contributed by atoms with van der Waals surface area (Å²) in [6.45, 7) is 0.570. The Balaban J connectivity index is 0.000000318. The predicted octanol–water partition coefficient (Wildman–Crippen LogP) is 4.87. The second-order valence-corrected chi connectivity index (χ2v) is 8.79. The maximum absolute atomic E-state index is 12.8. The molecule has 1 unspecified atom stereocenters. The predicted molar refractivity (Wildman–Crippen MR) is 108 cm³/mol. The Bertz CT molecular complexity index is 815. The highest BCUT2D eigenvalue weighted by atomic mass is 32.1.